The van der Waals surface area contributed by atoms with Gasteiger partial charge in [0.15, 0.2) is 0 Å². The van der Waals surface area contributed by atoms with Gasteiger partial charge in [0.2, 0.25) is 0 Å². The number of carboxylic acid groups (broad SMARTS) is 1. The number of carbonyl (C=O) groups is 1. The Kier molecular flexibility index (Phi) is 2.60. The summed E-state index contributed by atoms with van der Waals surface area (Å²) in [4.78, 5) is 11.0. The first-order valence-corrected chi connectivity index (χ1v) is 4.94. The summed E-state index contributed by atoms with van der Waals surface area (Å²) in [7, 11) is 0. The number of benzene rings is 1. The number of aliphatic carboxylic acids is 1. The van der Waals surface area contributed by atoms with Crippen molar-refractivity contribution in [1.29, 1.82) is 0 Å². The van der Waals surface area contributed by atoms with E-state index in [1.54, 1.807) is 24.3 Å². The molecule has 0 unspecified atom stereocenters. The number of carboxylic acids is 1. The average molecular weight is 207 g/mol. The minimum atomic E-state index is -0.812. The fourth-order valence-electron chi connectivity index (χ4n) is 2.05. The largest absolute Gasteiger partial charge is 0.508 e. The molecule has 2 rings (SSSR count). The second kappa shape index (κ2) is 3.90. The molecule has 0 aliphatic carbocycles. The maximum atomic E-state index is 11.0. The van der Waals surface area contributed by atoms with Gasteiger partial charge in [0.25, 0.3) is 0 Å². The van der Waals surface area contributed by atoms with Crippen molar-refractivity contribution >= 4 is 5.97 Å². The molecule has 1 aromatic rings. The number of nitrogens with one attached hydrogen (secondary N) is 1. The fraction of sp³-hybridized carbons (Fsp3) is 0.364. The number of hydrogen-bond acceptors (Lipinski definition) is 3. The van der Waals surface area contributed by atoms with E-state index in [2.05, 4.69) is 5.32 Å². The molecule has 0 radical (unpaired) electrons. The molecule has 3 N–H and O–H groups in total. The number of rotatable bonds is 2. The number of phenolic OH excluding ortho intramolecular Hbond substituents is 1. The molecule has 1 aliphatic rings. The molecule has 0 aromatic heterocycles. The number of phenols is 1. The lowest BCUT2D eigenvalue weighted by molar-refractivity contribution is -0.142. The Morgan fingerprint density at radius 3 is 2.80 bits per heavy atom. The lowest BCUT2D eigenvalue weighted by Gasteiger charge is -2.17. The van der Waals surface area contributed by atoms with Crippen molar-refractivity contribution in [3.8, 4) is 5.75 Å². The van der Waals surface area contributed by atoms with Crippen molar-refractivity contribution in [2.45, 2.75) is 12.5 Å². The van der Waals surface area contributed by atoms with Gasteiger partial charge in [0.1, 0.15) is 5.75 Å². The van der Waals surface area contributed by atoms with Crippen LogP contribution in [0, 0.1) is 5.92 Å². The second-order valence-corrected chi connectivity index (χ2v) is 3.72. The lowest BCUT2D eigenvalue weighted by atomic mass is 9.94. The first kappa shape index (κ1) is 9.98. The van der Waals surface area contributed by atoms with Gasteiger partial charge in [-0.2, -0.15) is 0 Å². The third kappa shape index (κ3) is 1.80. The number of aromatic hydroxyl groups is 1. The summed E-state index contributed by atoms with van der Waals surface area (Å²) < 4.78 is 0. The Hall–Kier alpha value is -1.55. The monoisotopic (exact) mass is 207 g/mol. The first-order chi connectivity index (χ1) is 7.20. The predicted molar refractivity (Wildman–Crippen MR) is 54.6 cm³/mol. The van der Waals surface area contributed by atoms with Crippen molar-refractivity contribution in [2.24, 2.45) is 5.92 Å². The normalized spacial score (nSPS) is 25.3. The summed E-state index contributed by atoms with van der Waals surface area (Å²) in [5.41, 5.74) is 0.669. The van der Waals surface area contributed by atoms with Gasteiger partial charge < -0.3 is 15.5 Å². The minimum Gasteiger partial charge on any atom is -0.508 e. The topological polar surface area (TPSA) is 69.6 Å². The fourth-order valence-corrected chi connectivity index (χ4v) is 2.05. The smallest absolute Gasteiger partial charge is 0.308 e. The molecule has 0 spiro atoms. The minimum absolute atomic E-state index is 0.156. The van der Waals surface area contributed by atoms with Crippen LogP contribution in [-0.4, -0.2) is 22.7 Å². The van der Waals surface area contributed by atoms with Crippen LogP contribution in [0.2, 0.25) is 0 Å². The predicted octanol–water partition coefficient (Wildman–Crippen LogP) is 1.13. The standard InChI is InChI=1S/C11H13NO3/c13-9-4-2-1-3-7(9)10-8(11(14)15)5-6-12-10/h1-4,8,10,12-13H,5-6H2,(H,14,15)/t8-,10+/m0/s1. The van der Waals surface area contributed by atoms with Crippen molar-refractivity contribution in [1.82, 2.24) is 5.32 Å². The maximum Gasteiger partial charge on any atom is 0.308 e. The van der Waals surface area contributed by atoms with Crippen LogP contribution in [0.1, 0.15) is 18.0 Å². The van der Waals surface area contributed by atoms with Crippen LogP contribution in [0.25, 0.3) is 0 Å². The van der Waals surface area contributed by atoms with E-state index >= 15 is 0 Å². The molecule has 80 valence electrons. The lowest BCUT2D eigenvalue weighted by Crippen LogP contribution is -2.23. The Bertz CT molecular complexity index is 378. The van der Waals surface area contributed by atoms with Crippen LogP contribution in [-0.2, 0) is 4.79 Å². The molecule has 4 nitrogen and oxygen atoms in total. The highest BCUT2D eigenvalue weighted by molar-refractivity contribution is 5.72. The van der Waals surface area contributed by atoms with Gasteiger partial charge in [0, 0.05) is 11.6 Å². The summed E-state index contributed by atoms with van der Waals surface area (Å²) in [6.07, 6.45) is 0.605. The molecular formula is C11H13NO3. The first-order valence-electron chi connectivity index (χ1n) is 4.94. The van der Waals surface area contributed by atoms with Crippen LogP contribution in [0.4, 0.5) is 0 Å². The van der Waals surface area contributed by atoms with Crippen LogP contribution >= 0.6 is 0 Å². The average Bonchev–Trinajstić information content (AvgIpc) is 2.67. The van der Waals surface area contributed by atoms with E-state index in [-0.39, 0.29) is 11.8 Å². The third-order valence-electron chi connectivity index (χ3n) is 2.81. The van der Waals surface area contributed by atoms with Crippen molar-refractivity contribution in [2.75, 3.05) is 6.54 Å². The van der Waals surface area contributed by atoms with Gasteiger partial charge in [0.05, 0.1) is 5.92 Å². The zero-order valence-electron chi connectivity index (χ0n) is 8.18. The Labute approximate surface area is 87.6 Å². The summed E-state index contributed by atoms with van der Waals surface area (Å²) in [5, 5.41) is 21.8. The van der Waals surface area contributed by atoms with Gasteiger partial charge in [-0.1, -0.05) is 18.2 Å². The summed E-state index contributed by atoms with van der Waals surface area (Å²) >= 11 is 0. The molecule has 1 aromatic carbocycles. The highest BCUT2D eigenvalue weighted by Gasteiger charge is 2.34. The van der Waals surface area contributed by atoms with Gasteiger partial charge in [-0.25, -0.2) is 0 Å². The van der Waals surface area contributed by atoms with Crippen molar-refractivity contribution < 1.29 is 15.0 Å². The number of para-hydroxylation sites is 1. The quantitative estimate of drug-likeness (QED) is 0.680. The molecule has 4 heteroatoms. The molecule has 1 saturated heterocycles. The summed E-state index contributed by atoms with van der Waals surface area (Å²) in [6, 6.07) is 6.59. The van der Waals surface area contributed by atoms with Crippen molar-refractivity contribution in [3.63, 3.8) is 0 Å². The molecule has 15 heavy (non-hydrogen) atoms. The number of hydrogen-bond donors (Lipinski definition) is 3. The van der Waals surface area contributed by atoms with Crippen molar-refractivity contribution in [3.05, 3.63) is 29.8 Å². The SMILES string of the molecule is O=C(O)[C@H]1CCN[C@@H]1c1ccccc1O. The molecule has 1 aliphatic heterocycles. The van der Waals surface area contributed by atoms with Crippen LogP contribution in [0.15, 0.2) is 24.3 Å². The van der Waals surface area contributed by atoms with E-state index in [0.29, 0.717) is 18.5 Å². The van der Waals surface area contributed by atoms with Gasteiger partial charge in [-0.15, -0.1) is 0 Å². The molecule has 0 bridgehead atoms. The van der Waals surface area contributed by atoms with E-state index < -0.39 is 11.9 Å². The van der Waals surface area contributed by atoms with E-state index in [9.17, 15) is 9.90 Å². The van der Waals surface area contributed by atoms with Gasteiger partial charge in [-0.05, 0) is 19.0 Å². The van der Waals surface area contributed by atoms with Gasteiger partial charge >= 0.3 is 5.97 Å². The molecular weight excluding hydrogens is 194 g/mol. The Morgan fingerprint density at radius 1 is 1.40 bits per heavy atom. The molecule has 1 fully saturated rings. The molecule has 0 saturated carbocycles. The zero-order chi connectivity index (χ0) is 10.8. The summed E-state index contributed by atoms with van der Waals surface area (Å²) in [6.45, 7) is 0.677. The Balaban J connectivity index is 2.30. The Morgan fingerprint density at radius 2 is 2.13 bits per heavy atom. The second-order valence-electron chi connectivity index (χ2n) is 3.72. The van der Waals surface area contributed by atoms with E-state index in [1.165, 1.54) is 0 Å². The molecule has 0 amide bonds. The third-order valence-corrected chi connectivity index (χ3v) is 2.81. The van der Waals surface area contributed by atoms with E-state index in [0.717, 1.165) is 0 Å². The maximum absolute atomic E-state index is 11.0. The highest BCUT2D eigenvalue weighted by Crippen LogP contribution is 2.34. The highest BCUT2D eigenvalue weighted by atomic mass is 16.4. The van der Waals surface area contributed by atoms with Crippen LogP contribution in [0.5, 0.6) is 5.75 Å². The van der Waals surface area contributed by atoms with Crippen LogP contribution in [0.3, 0.4) is 0 Å². The zero-order valence-corrected chi connectivity index (χ0v) is 8.18. The molecule has 2 atom stereocenters. The van der Waals surface area contributed by atoms with Crippen LogP contribution < -0.4 is 5.32 Å². The summed E-state index contributed by atoms with van der Waals surface area (Å²) in [5.74, 6) is -1.10. The van der Waals surface area contributed by atoms with E-state index in [4.69, 9.17) is 5.11 Å². The molecule has 1 heterocycles. The van der Waals surface area contributed by atoms with E-state index in [1.807, 2.05) is 0 Å². The van der Waals surface area contributed by atoms with Gasteiger partial charge in [-0.3, -0.25) is 4.79 Å².